The van der Waals surface area contributed by atoms with E-state index >= 15 is 0 Å². The van der Waals surface area contributed by atoms with Crippen molar-refractivity contribution in [3.8, 4) is 11.5 Å². The largest absolute Gasteiger partial charge is 0.494 e. The molecule has 3 rings (SSSR count). The lowest BCUT2D eigenvalue weighted by molar-refractivity contribution is 0.290. The van der Waals surface area contributed by atoms with Crippen molar-refractivity contribution in [1.82, 2.24) is 14.9 Å². The normalized spacial score (nSPS) is 11.7. The zero-order valence-electron chi connectivity index (χ0n) is 17.2. The van der Waals surface area contributed by atoms with Crippen molar-refractivity contribution in [1.29, 1.82) is 0 Å². The standard InChI is InChI=1S/C22H26N4O2S/c1-5-27-18-10-6-16(7-11-18)14-23-26-20(24-25-21(26)29)15-28-19-12-8-17(9-13-19)22(2,3)4/h6-14H,5,15H2,1-4H3,(H,25,29)/b23-14-. The van der Waals surface area contributed by atoms with Crippen LogP contribution in [0, 0.1) is 4.77 Å². The first-order valence-electron chi connectivity index (χ1n) is 9.53. The van der Waals surface area contributed by atoms with Crippen molar-refractivity contribution < 1.29 is 9.47 Å². The minimum atomic E-state index is 0.108. The highest BCUT2D eigenvalue weighted by atomic mass is 32.1. The highest BCUT2D eigenvalue weighted by molar-refractivity contribution is 7.71. The quantitative estimate of drug-likeness (QED) is 0.435. The van der Waals surface area contributed by atoms with Gasteiger partial charge in [0.05, 0.1) is 12.8 Å². The fourth-order valence-electron chi connectivity index (χ4n) is 2.68. The van der Waals surface area contributed by atoms with E-state index in [1.54, 1.807) is 10.9 Å². The molecule has 0 saturated heterocycles. The van der Waals surface area contributed by atoms with E-state index in [9.17, 15) is 0 Å². The molecule has 0 atom stereocenters. The Labute approximate surface area is 176 Å². The number of aromatic amines is 1. The maximum absolute atomic E-state index is 5.87. The Kier molecular flexibility index (Phi) is 6.49. The van der Waals surface area contributed by atoms with Crippen LogP contribution < -0.4 is 9.47 Å². The average molecular weight is 411 g/mol. The van der Waals surface area contributed by atoms with Gasteiger partial charge in [0.2, 0.25) is 4.77 Å². The summed E-state index contributed by atoms with van der Waals surface area (Å²) in [6, 6.07) is 15.8. The van der Waals surface area contributed by atoms with Crippen molar-refractivity contribution in [2.45, 2.75) is 39.7 Å². The van der Waals surface area contributed by atoms with Gasteiger partial charge in [-0.1, -0.05) is 32.9 Å². The second-order valence-electron chi connectivity index (χ2n) is 7.57. The summed E-state index contributed by atoms with van der Waals surface area (Å²) in [4.78, 5) is 0. The molecule has 29 heavy (non-hydrogen) atoms. The van der Waals surface area contributed by atoms with Crippen LogP contribution in [0.15, 0.2) is 53.6 Å². The first-order chi connectivity index (χ1) is 13.9. The summed E-state index contributed by atoms with van der Waals surface area (Å²) in [6.45, 7) is 9.40. The van der Waals surface area contributed by atoms with E-state index in [2.05, 4.69) is 48.2 Å². The Hall–Kier alpha value is -2.93. The topological polar surface area (TPSA) is 64.4 Å². The van der Waals surface area contributed by atoms with Gasteiger partial charge >= 0.3 is 0 Å². The molecule has 1 N–H and O–H groups in total. The number of benzene rings is 2. The number of H-pyrrole nitrogens is 1. The summed E-state index contributed by atoms with van der Waals surface area (Å²) in [5.74, 6) is 2.20. The Bertz CT molecular complexity index is 1010. The molecule has 0 aliphatic carbocycles. The van der Waals surface area contributed by atoms with E-state index in [-0.39, 0.29) is 12.0 Å². The molecule has 0 unspecified atom stereocenters. The third-order valence-electron chi connectivity index (χ3n) is 4.32. The van der Waals surface area contributed by atoms with Gasteiger partial charge in [-0.05, 0) is 72.1 Å². The lowest BCUT2D eigenvalue weighted by Crippen LogP contribution is -2.10. The van der Waals surface area contributed by atoms with E-state index in [0.717, 1.165) is 17.1 Å². The number of nitrogens with one attached hydrogen (secondary N) is 1. The van der Waals surface area contributed by atoms with Gasteiger partial charge in [-0.2, -0.15) is 14.9 Å². The molecule has 0 spiro atoms. The van der Waals surface area contributed by atoms with Crippen LogP contribution in [0.4, 0.5) is 0 Å². The van der Waals surface area contributed by atoms with Crippen molar-refractivity contribution in [2.24, 2.45) is 5.10 Å². The zero-order chi connectivity index (χ0) is 20.9. The molecule has 0 radical (unpaired) electrons. The minimum absolute atomic E-state index is 0.108. The van der Waals surface area contributed by atoms with E-state index in [1.165, 1.54) is 5.56 Å². The highest BCUT2D eigenvalue weighted by Gasteiger charge is 2.13. The molecule has 0 aliphatic heterocycles. The first kappa shape index (κ1) is 20.8. The van der Waals surface area contributed by atoms with Crippen LogP contribution in [-0.2, 0) is 12.0 Å². The molecule has 3 aromatic rings. The monoisotopic (exact) mass is 410 g/mol. The van der Waals surface area contributed by atoms with Gasteiger partial charge in [0.15, 0.2) is 5.82 Å². The predicted octanol–water partition coefficient (Wildman–Crippen LogP) is 5.10. The second-order valence-corrected chi connectivity index (χ2v) is 7.95. The highest BCUT2D eigenvalue weighted by Crippen LogP contribution is 2.24. The van der Waals surface area contributed by atoms with Crippen LogP contribution in [-0.4, -0.2) is 27.7 Å². The Morgan fingerprint density at radius 2 is 1.66 bits per heavy atom. The molecule has 7 heteroatoms. The molecule has 152 valence electrons. The number of hydrogen-bond acceptors (Lipinski definition) is 5. The van der Waals surface area contributed by atoms with Gasteiger partial charge in [-0.25, -0.2) is 5.10 Å². The van der Waals surface area contributed by atoms with Crippen LogP contribution in [0.2, 0.25) is 0 Å². The number of nitrogens with zero attached hydrogens (tertiary/aromatic N) is 3. The van der Waals surface area contributed by atoms with Crippen molar-refractivity contribution in [3.63, 3.8) is 0 Å². The van der Waals surface area contributed by atoms with Gasteiger partial charge in [-0.3, -0.25) is 0 Å². The summed E-state index contributed by atoms with van der Waals surface area (Å²) in [6.07, 6.45) is 1.72. The van der Waals surface area contributed by atoms with Crippen LogP contribution in [0.3, 0.4) is 0 Å². The molecule has 1 heterocycles. The minimum Gasteiger partial charge on any atom is -0.494 e. The van der Waals surface area contributed by atoms with E-state index in [0.29, 0.717) is 17.2 Å². The molecule has 0 saturated carbocycles. The smallest absolute Gasteiger partial charge is 0.216 e. The van der Waals surface area contributed by atoms with Crippen molar-refractivity contribution in [3.05, 3.63) is 70.3 Å². The van der Waals surface area contributed by atoms with E-state index in [1.807, 2.05) is 43.3 Å². The van der Waals surface area contributed by atoms with Crippen LogP contribution in [0.25, 0.3) is 0 Å². The molecular formula is C22H26N4O2S. The number of rotatable bonds is 7. The molecule has 2 aromatic carbocycles. The first-order valence-corrected chi connectivity index (χ1v) is 9.94. The third kappa shape index (κ3) is 5.54. The molecular weight excluding hydrogens is 384 g/mol. The lowest BCUT2D eigenvalue weighted by atomic mass is 9.87. The van der Waals surface area contributed by atoms with Gasteiger partial charge in [0.25, 0.3) is 0 Å². The fourth-order valence-corrected chi connectivity index (χ4v) is 2.88. The van der Waals surface area contributed by atoms with E-state index in [4.69, 9.17) is 21.7 Å². The SMILES string of the molecule is CCOc1ccc(/C=N\n2c(COc3ccc(C(C)(C)C)cc3)n[nH]c2=S)cc1. The van der Waals surface area contributed by atoms with Gasteiger partial charge in [0.1, 0.15) is 18.1 Å². The Morgan fingerprint density at radius 3 is 2.28 bits per heavy atom. The summed E-state index contributed by atoms with van der Waals surface area (Å²) in [5.41, 5.74) is 2.30. The lowest BCUT2D eigenvalue weighted by Gasteiger charge is -2.19. The zero-order valence-corrected chi connectivity index (χ0v) is 18.0. The maximum atomic E-state index is 5.87. The molecule has 0 aliphatic rings. The van der Waals surface area contributed by atoms with Gasteiger partial charge in [-0.15, -0.1) is 0 Å². The number of ether oxygens (including phenoxy) is 2. The van der Waals surface area contributed by atoms with Crippen LogP contribution >= 0.6 is 12.2 Å². The average Bonchev–Trinajstić information content (AvgIpc) is 3.05. The molecule has 1 aromatic heterocycles. The second kappa shape index (κ2) is 9.05. The van der Waals surface area contributed by atoms with Crippen LogP contribution in [0.5, 0.6) is 11.5 Å². The maximum Gasteiger partial charge on any atom is 0.216 e. The Morgan fingerprint density at radius 1 is 1.03 bits per heavy atom. The Balaban J connectivity index is 1.68. The summed E-state index contributed by atoms with van der Waals surface area (Å²) < 4.78 is 13.3. The third-order valence-corrected chi connectivity index (χ3v) is 4.58. The number of aromatic nitrogens is 3. The van der Waals surface area contributed by atoms with Gasteiger partial charge in [0, 0.05) is 0 Å². The molecule has 6 nitrogen and oxygen atoms in total. The fraction of sp³-hybridized carbons (Fsp3) is 0.318. The van der Waals surface area contributed by atoms with E-state index < -0.39 is 0 Å². The molecule has 0 fully saturated rings. The predicted molar refractivity (Wildman–Crippen MR) is 117 cm³/mol. The summed E-state index contributed by atoms with van der Waals surface area (Å²) in [5, 5.41) is 11.4. The van der Waals surface area contributed by atoms with Crippen molar-refractivity contribution in [2.75, 3.05) is 6.61 Å². The summed E-state index contributed by atoms with van der Waals surface area (Å²) >= 11 is 5.29. The molecule has 0 amide bonds. The van der Waals surface area contributed by atoms with Crippen molar-refractivity contribution >= 4 is 18.4 Å². The summed E-state index contributed by atoms with van der Waals surface area (Å²) in [7, 11) is 0. The van der Waals surface area contributed by atoms with Gasteiger partial charge < -0.3 is 9.47 Å². The van der Waals surface area contributed by atoms with Crippen LogP contribution in [0.1, 0.15) is 44.6 Å². The molecule has 0 bridgehead atoms. The number of hydrogen-bond donors (Lipinski definition) is 1.